The Balaban J connectivity index is 0. The van der Waals surface area contributed by atoms with Gasteiger partial charge < -0.3 is 30.3 Å². The van der Waals surface area contributed by atoms with Crippen LogP contribution in [0.1, 0.15) is 0 Å². The van der Waals surface area contributed by atoms with Gasteiger partial charge >= 0.3 is 16.4 Å². The zero-order valence-electron chi connectivity index (χ0n) is 8.56. The number of carbonyl (C=O) groups excluding carboxylic acids is 1. The maximum absolute atomic E-state index is 10.1. The fraction of sp³-hybridized carbons (Fsp3) is 0.667. The summed E-state index contributed by atoms with van der Waals surface area (Å²) in [5.41, 5.74) is 0. The molecule has 12 heteroatoms. The molecular formula is C6H12O11S. The van der Waals surface area contributed by atoms with Gasteiger partial charge in [0.2, 0.25) is 0 Å². The standard InChI is InChI=1S/C6H10O7.H2O4S/c7-1-2(8)3(9)4(10)5(11)6(12)13;1-5(2,3)4/h1-5,8-11H,(H,12,13);(H2,1,2,3,4)/t2-,3+,4-,5-;/m0./s1. The van der Waals surface area contributed by atoms with Crippen LogP contribution < -0.4 is 0 Å². The molecule has 0 unspecified atom stereocenters. The number of aldehydes is 1. The van der Waals surface area contributed by atoms with Crippen LogP contribution >= 0.6 is 0 Å². The molecule has 11 nitrogen and oxygen atoms in total. The SMILES string of the molecule is O=C[C@H](O)[C@@H](O)[C@H](O)[C@H](O)C(=O)O.O=S(=O)(O)O. The molecule has 0 spiro atoms. The van der Waals surface area contributed by atoms with Crippen LogP contribution in [0.5, 0.6) is 0 Å². The van der Waals surface area contributed by atoms with Crippen molar-refractivity contribution < 1.29 is 52.6 Å². The second-order valence-corrected chi connectivity index (χ2v) is 3.73. The fourth-order valence-corrected chi connectivity index (χ4v) is 0.615. The minimum absolute atomic E-state index is 0.0809. The highest BCUT2D eigenvalue weighted by Gasteiger charge is 2.33. The zero-order valence-corrected chi connectivity index (χ0v) is 9.37. The quantitative estimate of drug-likeness (QED) is 0.192. The van der Waals surface area contributed by atoms with E-state index in [2.05, 4.69) is 0 Å². The van der Waals surface area contributed by atoms with Gasteiger partial charge in [0.15, 0.2) is 12.4 Å². The summed E-state index contributed by atoms with van der Waals surface area (Å²) >= 11 is 0. The normalized spacial score (nSPS) is 17.7. The van der Waals surface area contributed by atoms with Crippen LogP contribution in [0.2, 0.25) is 0 Å². The first-order valence-corrected chi connectivity index (χ1v) is 5.41. The summed E-state index contributed by atoms with van der Waals surface area (Å²) in [6, 6.07) is 0. The van der Waals surface area contributed by atoms with Gasteiger partial charge in [-0.05, 0) is 0 Å². The molecule has 0 aliphatic heterocycles. The van der Waals surface area contributed by atoms with Crippen LogP contribution in [0.4, 0.5) is 0 Å². The Morgan fingerprint density at radius 1 is 1.00 bits per heavy atom. The van der Waals surface area contributed by atoms with Gasteiger partial charge in [-0.1, -0.05) is 0 Å². The largest absolute Gasteiger partial charge is 0.479 e. The number of aliphatic hydroxyl groups is 4. The van der Waals surface area contributed by atoms with Gasteiger partial charge in [0.25, 0.3) is 0 Å². The highest BCUT2D eigenvalue weighted by molar-refractivity contribution is 7.79. The number of carboxylic acid groups (broad SMARTS) is 1. The maximum atomic E-state index is 10.1. The monoisotopic (exact) mass is 292 g/mol. The predicted molar refractivity (Wildman–Crippen MR) is 51.9 cm³/mol. The van der Waals surface area contributed by atoms with Gasteiger partial charge in [0, 0.05) is 0 Å². The molecule has 0 fully saturated rings. The third-order valence-corrected chi connectivity index (χ3v) is 1.42. The molecule has 0 aromatic heterocycles. The minimum atomic E-state index is -4.67. The summed E-state index contributed by atoms with van der Waals surface area (Å²) in [5, 5.41) is 43.2. The summed E-state index contributed by atoms with van der Waals surface area (Å²) in [6.45, 7) is 0. The number of rotatable bonds is 5. The lowest BCUT2D eigenvalue weighted by atomic mass is 10.0. The Kier molecular flexibility index (Phi) is 8.57. The molecule has 0 amide bonds. The fourth-order valence-electron chi connectivity index (χ4n) is 0.615. The lowest BCUT2D eigenvalue weighted by molar-refractivity contribution is -0.163. The zero-order chi connectivity index (χ0) is 15.1. The Morgan fingerprint density at radius 3 is 1.56 bits per heavy atom. The van der Waals surface area contributed by atoms with Crippen LogP contribution in [0.3, 0.4) is 0 Å². The van der Waals surface area contributed by atoms with Crippen LogP contribution in [0.15, 0.2) is 0 Å². The number of carbonyl (C=O) groups is 2. The van der Waals surface area contributed by atoms with E-state index in [0.717, 1.165) is 0 Å². The van der Waals surface area contributed by atoms with Gasteiger partial charge in [-0.3, -0.25) is 9.11 Å². The molecule has 18 heavy (non-hydrogen) atoms. The first kappa shape index (κ1) is 19.2. The van der Waals surface area contributed by atoms with Crippen molar-refractivity contribution in [3.05, 3.63) is 0 Å². The first-order valence-electron chi connectivity index (χ1n) is 4.02. The molecule has 0 bridgehead atoms. The molecular weight excluding hydrogens is 280 g/mol. The summed E-state index contributed by atoms with van der Waals surface area (Å²) in [6.07, 6.45) is -8.39. The summed E-state index contributed by atoms with van der Waals surface area (Å²) in [4.78, 5) is 20.0. The van der Waals surface area contributed by atoms with E-state index < -0.39 is 40.8 Å². The van der Waals surface area contributed by atoms with Crippen molar-refractivity contribution in [1.82, 2.24) is 0 Å². The lowest BCUT2D eigenvalue weighted by Gasteiger charge is -2.21. The molecule has 0 aromatic rings. The van der Waals surface area contributed by atoms with E-state index in [4.69, 9.17) is 43.1 Å². The van der Waals surface area contributed by atoms with Crippen molar-refractivity contribution in [2.75, 3.05) is 0 Å². The third-order valence-electron chi connectivity index (χ3n) is 1.42. The average Bonchev–Trinajstić information content (AvgIpc) is 2.22. The summed E-state index contributed by atoms with van der Waals surface area (Å²) < 4.78 is 31.6. The molecule has 0 aliphatic carbocycles. The first-order chi connectivity index (χ1) is 7.91. The molecule has 0 heterocycles. The van der Waals surface area contributed by atoms with Gasteiger partial charge in [-0.2, -0.15) is 8.42 Å². The maximum Gasteiger partial charge on any atom is 0.394 e. The van der Waals surface area contributed by atoms with E-state index in [1.807, 2.05) is 0 Å². The second kappa shape index (κ2) is 8.04. The second-order valence-electron chi connectivity index (χ2n) is 2.84. The highest BCUT2D eigenvalue weighted by Crippen LogP contribution is 2.03. The van der Waals surface area contributed by atoms with E-state index in [9.17, 15) is 9.59 Å². The summed E-state index contributed by atoms with van der Waals surface area (Å²) in [7, 11) is -4.67. The van der Waals surface area contributed by atoms with Gasteiger partial charge in [0.1, 0.15) is 18.3 Å². The minimum Gasteiger partial charge on any atom is -0.479 e. The van der Waals surface area contributed by atoms with Crippen LogP contribution in [0.25, 0.3) is 0 Å². The predicted octanol–water partition coefficient (Wildman–Crippen LogP) is -3.94. The number of aliphatic hydroxyl groups excluding tert-OH is 4. The van der Waals surface area contributed by atoms with Crippen LogP contribution in [0, 0.1) is 0 Å². The van der Waals surface area contributed by atoms with E-state index in [-0.39, 0.29) is 6.29 Å². The smallest absolute Gasteiger partial charge is 0.394 e. The molecule has 0 radical (unpaired) electrons. The van der Waals surface area contributed by atoms with E-state index in [1.54, 1.807) is 0 Å². The topological polar surface area (TPSA) is 210 Å². The Hall–Kier alpha value is -1.15. The molecule has 0 saturated heterocycles. The van der Waals surface area contributed by atoms with E-state index in [1.165, 1.54) is 0 Å². The highest BCUT2D eigenvalue weighted by atomic mass is 32.3. The third kappa shape index (κ3) is 10.0. The van der Waals surface area contributed by atoms with Crippen molar-refractivity contribution >= 4 is 22.7 Å². The Bertz CT molecular complexity index is 354. The Morgan fingerprint density at radius 2 is 1.33 bits per heavy atom. The number of hydrogen-bond acceptors (Lipinski definition) is 8. The Labute approximate surface area is 100 Å². The number of hydrogen-bond donors (Lipinski definition) is 7. The van der Waals surface area contributed by atoms with Gasteiger partial charge in [-0.25, -0.2) is 4.79 Å². The van der Waals surface area contributed by atoms with Crippen molar-refractivity contribution in [2.45, 2.75) is 24.4 Å². The lowest BCUT2D eigenvalue weighted by Crippen LogP contribution is -2.48. The number of carboxylic acids is 1. The van der Waals surface area contributed by atoms with Crippen LogP contribution in [-0.4, -0.2) is 79.7 Å². The molecule has 0 aromatic carbocycles. The van der Waals surface area contributed by atoms with Crippen molar-refractivity contribution in [3.63, 3.8) is 0 Å². The molecule has 0 saturated carbocycles. The van der Waals surface area contributed by atoms with E-state index in [0.29, 0.717) is 0 Å². The summed E-state index contributed by atoms with van der Waals surface area (Å²) in [5.74, 6) is -1.76. The van der Waals surface area contributed by atoms with E-state index >= 15 is 0 Å². The molecule has 0 rings (SSSR count). The van der Waals surface area contributed by atoms with Crippen LogP contribution in [-0.2, 0) is 20.0 Å². The number of aliphatic carboxylic acids is 1. The van der Waals surface area contributed by atoms with Crippen molar-refractivity contribution in [2.24, 2.45) is 0 Å². The van der Waals surface area contributed by atoms with Crippen molar-refractivity contribution in [1.29, 1.82) is 0 Å². The van der Waals surface area contributed by atoms with Crippen molar-refractivity contribution in [3.8, 4) is 0 Å². The van der Waals surface area contributed by atoms with Gasteiger partial charge in [0.05, 0.1) is 0 Å². The van der Waals surface area contributed by atoms with Gasteiger partial charge in [-0.15, -0.1) is 0 Å². The molecule has 7 N–H and O–H groups in total. The molecule has 108 valence electrons. The molecule has 0 aliphatic rings. The molecule has 4 atom stereocenters. The average molecular weight is 292 g/mol.